The quantitative estimate of drug-likeness (QED) is 0.766. The molecule has 1 fully saturated rings. The van der Waals surface area contributed by atoms with Gasteiger partial charge in [0.2, 0.25) is 15.9 Å². The van der Waals surface area contributed by atoms with Crippen molar-refractivity contribution in [2.24, 2.45) is 0 Å². The molecule has 0 bridgehead atoms. The van der Waals surface area contributed by atoms with Crippen LogP contribution in [0.3, 0.4) is 0 Å². The number of aryl methyl sites for hydroxylation is 1. The maximum atomic E-state index is 13.1. The number of carbonyl (C=O) groups is 1. The molecule has 146 valence electrons. The molecule has 1 aliphatic rings. The smallest absolute Gasteiger partial charge is 0.243 e. The number of ether oxygens (including phenoxy) is 1. The summed E-state index contributed by atoms with van der Waals surface area (Å²) in [5.41, 5.74) is 0. The molecule has 1 N–H and O–H groups in total. The second kappa shape index (κ2) is 8.15. The van der Waals surface area contributed by atoms with Crippen molar-refractivity contribution >= 4 is 21.7 Å². The molecule has 1 aliphatic heterocycles. The average Bonchev–Trinajstić information content (AvgIpc) is 3.26. The number of rotatable bonds is 7. The van der Waals surface area contributed by atoms with Crippen molar-refractivity contribution in [1.82, 2.24) is 9.46 Å². The number of anilines is 1. The second-order valence-electron chi connectivity index (χ2n) is 6.26. The minimum atomic E-state index is -4.01. The van der Waals surface area contributed by atoms with E-state index < -0.39 is 28.3 Å². The normalized spacial score (nSPS) is 17.4. The molecule has 1 unspecified atom stereocenters. The van der Waals surface area contributed by atoms with Gasteiger partial charge in [-0.3, -0.25) is 4.79 Å². The summed E-state index contributed by atoms with van der Waals surface area (Å²) >= 11 is 0. The molecule has 3 rings (SSSR count). The molecule has 1 aromatic carbocycles. The van der Waals surface area contributed by atoms with Crippen molar-refractivity contribution in [3.8, 4) is 0 Å². The van der Waals surface area contributed by atoms with Gasteiger partial charge < -0.3 is 14.6 Å². The Morgan fingerprint density at radius 2 is 2.11 bits per heavy atom. The van der Waals surface area contributed by atoms with Gasteiger partial charge in [0.1, 0.15) is 11.6 Å². The summed E-state index contributed by atoms with van der Waals surface area (Å²) in [5.74, 6) is -0.389. The topological polar surface area (TPSA) is 102 Å². The summed E-state index contributed by atoms with van der Waals surface area (Å²) in [6, 6.07) is 6.00. The van der Waals surface area contributed by atoms with E-state index in [0.717, 1.165) is 22.9 Å². The molecule has 1 aromatic heterocycles. The van der Waals surface area contributed by atoms with Crippen LogP contribution in [0.4, 0.5) is 10.2 Å². The largest absolute Gasteiger partial charge is 0.377 e. The van der Waals surface area contributed by atoms with E-state index in [9.17, 15) is 17.6 Å². The van der Waals surface area contributed by atoms with Crippen LogP contribution in [0, 0.1) is 12.7 Å². The second-order valence-corrected chi connectivity index (χ2v) is 8.20. The van der Waals surface area contributed by atoms with Crippen LogP contribution in [-0.4, -0.2) is 49.6 Å². The Balaban J connectivity index is 1.79. The van der Waals surface area contributed by atoms with Gasteiger partial charge in [0.05, 0.1) is 17.5 Å². The van der Waals surface area contributed by atoms with Gasteiger partial charge in [0, 0.05) is 19.2 Å². The number of amides is 1. The fourth-order valence-corrected chi connectivity index (χ4v) is 4.21. The number of aromatic nitrogens is 1. The van der Waals surface area contributed by atoms with E-state index in [-0.39, 0.29) is 23.4 Å². The molecule has 1 saturated heterocycles. The Kier molecular flexibility index (Phi) is 5.88. The molecule has 8 nitrogen and oxygen atoms in total. The van der Waals surface area contributed by atoms with Gasteiger partial charge in [0.15, 0.2) is 5.82 Å². The number of hydrogen-bond acceptors (Lipinski definition) is 6. The van der Waals surface area contributed by atoms with E-state index in [1.54, 1.807) is 6.92 Å². The molecule has 10 heteroatoms. The Labute approximate surface area is 156 Å². The lowest BCUT2D eigenvalue weighted by molar-refractivity contribution is -0.116. The first-order valence-electron chi connectivity index (χ1n) is 8.45. The van der Waals surface area contributed by atoms with Crippen LogP contribution in [0.2, 0.25) is 0 Å². The van der Waals surface area contributed by atoms with Gasteiger partial charge in [0.25, 0.3) is 0 Å². The number of hydrogen-bond donors (Lipinski definition) is 1. The summed E-state index contributed by atoms with van der Waals surface area (Å²) in [6.07, 6.45) is 1.25. The first kappa shape index (κ1) is 19.5. The van der Waals surface area contributed by atoms with Crippen molar-refractivity contribution < 1.29 is 26.9 Å². The Hall–Kier alpha value is -2.30. The summed E-state index contributed by atoms with van der Waals surface area (Å²) < 4.78 is 50.5. The molecule has 0 radical (unpaired) electrons. The molecule has 1 amide bonds. The van der Waals surface area contributed by atoms with Crippen LogP contribution in [0.1, 0.15) is 18.6 Å². The number of nitrogens with one attached hydrogen (secondary N) is 1. The number of sulfonamides is 1. The van der Waals surface area contributed by atoms with E-state index in [1.807, 2.05) is 0 Å². The average molecular weight is 397 g/mol. The van der Waals surface area contributed by atoms with Gasteiger partial charge in [-0.15, -0.1) is 0 Å². The molecule has 0 aliphatic carbocycles. The SMILES string of the molecule is Cc1cc(NC(=O)CN(CC2CCCO2)S(=O)(=O)c2ccc(F)cc2)no1. The molecule has 2 aromatic rings. The van der Waals surface area contributed by atoms with E-state index in [2.05, 4.69) is 10.5 Å². The Bertz CT molecular complexity index is 892. The third-order valence-electron chi connectivity index (χ3n) is 4.10. The summed E-state index contributed by atoms with van der Waals surface area (Å²) in [4.78, 5) is 12.2. The number of halogens is 1. The predicted octanol–water partition coefficient (Wildman–Crippen LogP) is 1.93. The molecular weight excluding hydrogens is 377 g/mol. The van der Waals surface area contributed by atoms with Crippen molar-refractivity contribution in [1.29, 1.82) is 0 Å². The van der Waals surface area contributed by atoms with E-state index in [0.29, 0.717) is 18.8 Å². The highest BCUT2D eigenvalue weighted by Gasteiger charge is 2.31. The van der Waals surface area contributed by atoms with E-state index in [1.165, 1.54) is 18.2 Å². The zero-order chi connectivity index (χ0) is 19.4. The summed E-state index contributed by atoms with van der Waals surface area (Å²) in [6.45, 7) is 1.83. The third kappa shape index (κ3) is 4.90. The minimum absolute atomic E-state index is 0.0327. The monoisotopic (exact) mass is 397 g/mol. The zero-order valence-corrected chi connectivity index (χ0v) is 15.5. The Morgan fingerprint density at radius 3 is 2.70 bits per heavy atom. The van der Waals surface area contributed by atoms with E-state index in [4.69, 9.17) is 9.26 Å². The van der Waals surface area contributed by atoms with Crippen molar-refractivity contribution in [3.63, 3.8) is 0 Å². The first-order chi connectivity index (χ1) is 12.8. The van der Waals surface area contributed by atoms with Gasteiger partial charge in [-0.2, -0.15) is 4.31 Å². The highest BCUT2D eigenvalue weighted by atomic mass is 32.2. The number of carbonyl (C=O) groups excluding carboxylic acids is 1. The molecule has 0 saturated carbocycles. The van der Waals surface area contributed by atoms with Crippen LogP contribution < -0.4 is 5.32 Å². The first-order valence-corrected chi connectivity index (χ1v) is 9.89. The maximum absolute atomic E-state index is 13.1. The summed E-state index contributed by atoms with van der Waals surface area (Å²) in [7, 11) is -4.01. The molecule has 2 heterocycles. The minimum Gasteiger partial charge on any atom is -0.377 e. The third-order valence-corrected chi connectivity index (χ3v) is 5.92. The van der Waals surface area contributed by atoms with Crippen molar-refractivity contribution in [2.75, 3.05) is 25.0 Å². The zero-order valence-electron chi connectivity index (χ0n) is 14.7. The van der Waals surface area contributed by atoms with Gasteiger partial charge in [-0.25, -0.2) is 12.8 Å². The van der Waals surface area contributed by atoms with Crippen LogP contribution in [0.25, 0.3) is 0 Å². The lowest BCUT2D eigenvalue weighted by Gasteiger charge is -2.24. The molecular formula is C17H20FN3O5S. The number of benzene rings is 1. The van der Waals surface area contributed by atoms with Crippen LogP contribution in [0.15, 0.2) is 39.8 Å². The van der Waals surface area contributed by atoms with Crippen LogP contribution in [-0.2, 0) is 19.6 Å². The predicted molar refractivity (Wildman–Crippen MR) is 94.0 cm³/mol. The van der Waals surface area contributed by atoms with Crippen molar-refractivity contribution in [3.05, 3.63) is 41.9 Å². The Morgan fingerprint density at radius 1 is 1.37 bits per heavy atom. The van der Waals surface area contributed by atoms with E-state index >= 15 is 0 Å². The number of nitrogens with zero attached hydrogens (tertiary/aromatic N) is 2. The molecule has 0 spiro atoms. The van der Waals surface area contributed by atoms with Gasteiger partial charge in [-0.05, 0) is 44.0 Å². The van der Waals surface area contributed by atoms with Gasteiger partial charge in [-0.1, -0.05) is 5.16 Å². The lowest BCUT2D eigenvalue weighted by atomic mass is 10.2. The highest BCUT2D eigenvalue weighted by molar-refractivity contribution is 7.89. The highest BCUT2D eigenvalue weighted by Crippen LogP contribution is 2.20. The van der Waals surface area contributed by atoms with Gasteiger partial charge >= 0.3 is 0 Å². The maximum Gasteiger partial charge on any atom is 0.243 e. The standard InChI is InChI=1S/C17H20FN3O5S/c1-12-9-16(20-26-12)19-17(22)11-21(10-14-3-2-8-25-14)27(23,24)15-6-4-13(18)5-7-15/h4-7,9,14H,2-3,8,10-11H2,1H3,(H,19,20,22). The fourth-order valence-electron chi connectivity index (χ4n) is 2.79. The van der Waals surface area contributed by atoms with Crippen LogP contribution in [0.5, 0.6) is 0 Å². The van der Waals surface area contributed by atoms with Crippen LogP contribution >= 0.6 is 0 Å². The lowest BCUT2D eigenvalue weighted by Crippen LogP contribution is -2.42. The molecule has 27 heavy (non-hydrogen) atoms. The fraction of sp³-hybridized carbons (Fsp3) is 0.412. The summed E-state index contributed by atoms with van der Waals surface area (Å²) in [5, 5.41) is 6.16. The van der Waals surface area contributed by atoms with Crippen molar-refractivity contribution in [2.45, 2.75) is 30.8 Å². The molecule has 1 atom stereocenters.